The first-order chi connectivity index (χ1) is 12.0. The van der Waals surface area contributed by atoms with Crippen LogP contribution in [0.15, 0.2) is 22.5 Å². The lowest BCUT2D eigenvalue weighted by atomic mass is 9.48. The monoisotopic (exact) mass is 360 g/mol. The van der Waals surface area contributed by atoms with Crippen molar-refractivity contribution in [1.29, 1.82) is 0 Å². The molecule has 0 aliphatic heterocycles. The van der Waals surface area contributed by atoms with Gasteiger partial charge in [0.15, 0.2) is 0 Å². The Hall–Kier alpha value is -2.24. The van der Waals surface area contributed by atoms with Crippen molar-refractivity contribution in [2.24, 2.45) is 22.7 Å². The fourth-order valence-electron chi connectivity index (χ4n) is 5.37. The lowest BCUT2D eigenvalue weighted by molar-refractivity contribution is -0.164. The Morgan fingerprint density at radius 1 is 1.12 bits per heavy atom. The molecule has 1 saturated carbocycles. The number of allylic oxidation sites excluding steroid dienone is 3. The largest absolute Gasteiger partial charge is 0.507 e. The number of aliphatic carboxylic acids is 1. The molecule has 0 heterocycles. The number of ketones is 3. The highest BCUT2D eigenvalue weighted by atomic mass is 16.4. The highest BCUT2D eigenvalue weighted by Gasteiger charge is 2.62. The molecule has 6 heteroatoms. The summed E-state index contributed by atoms with van der Waals surface area (Å²) in [7, 11) is 0. The third-order valence-corrected chi connectivity index (χ3v) is 6.50. The van der Waals surface area contributed by atoms with E-state index in [2.05, 4.69) is 0 Å². The maximum absolute atomic E-state index is 13.0. The molecule has 0 saturated heterocycles. The summed E-state index contributed by atoms with van der Waals surface area (Å²) in [4.78, 5) is 50.5. The zero-order valence-electron chi connectivity index (χ0n) is 15.5. The quantitative estimate of drug-likeness (QED) is 0.579. The first-order valence-electron chi connectivity index (χ1n) is 8.99. The van der Waals surface area contributed by atoms with Crippen LogP contribution in [0.5, 0.6) is 0 Å². The van der Waals surface area contributed by atoms with Crippen molar-refractivity contribution in [3.8, 4) is 0 Å². The van der Waals surface area contributed by atoms with Crippen LogP contribution in [0.3, 0.4) is 0 Å². The van der Waals surface area contributed by atoms with Crippen LogP contribution >= 0.6 is 0 Å². The van der Waals surface area contributed by atoms with Crippen LogP contribution in [0.25, 0.3) is 0 Å². The van der Waals surface area contributed by atoms with Gasteiger partial charge in [-0.25, -0.2) is 0 Å². The molecule has 0 bridgehead atoms. The SMILES string of the molecule is CC(C)C1=C(O)C2=C(C(=O)C1=O)[C@@]1(C)CCC[C@@](C)(C(=O)O)[C@H]1C(=O)C2. The zero-order chi connectivity index (χ0) is 19.6. The summed E-state index contributed by atoms with van der Waals surface area (Å²) in [5.74, 6) is -4.29. The Bertz CT molecular complexity index is 814. The van der Waals surface area contributed by atoms with Crippen LogP contribution in [0.2, 0.25) is 0 Å². The number of Topliss-reactive ketones (excluding diaryl/α,β-unsaturated/α-hetero) is 3. The molecule has 0 unspecified atom stereocenters. The average molecular weight is 360 g/mol. The van der Waals surface area contributed by atoms with Crippen molar-refractivity contribution in [2.75, 3.05) is 0 Å². The van der Waals surface area contributed by atoms with E-state index >= 15 is 0 Å². The van der Waals surface area contributed by atoms with E-state index in [0.717, 1.165) is 0 Å². The highest BCUT2D eigenvalue weighted by Crippen LogP contribution is 2.60. The standard InChI is InChI=1S/C20H24O6/c1-9(2)12-14(22)10-8-11(21)17-19(3,13(10)16(24)15(12)23)6-5-7-20(17,4)18(25)26/h9,17,22H,5-8H2,1-4H3,(H,25,26)/t17-,19+,20+/m0/s1. The van der Waals surface area contributed by atoms with Crippen LogP contribution in [-0.2, 0) is 19.2 Å². The summed E-state index contributed by atoms with van der Waals surface area (Å²) in [6.45, 7) is 6.66. The highest BCUT2D eigenvalue weighted by molar-refractivity contribution is 6.51. The van der Waals surface area contributed by atoms with Crippen molar-refractivity contribution in [3.05, 3.63) is 22.5 Å². The molecule has 1 fully saturated rings. The van der Waals surface area contributed by atoms with Gasteiger partial charge in [-0.2, -0.15) is 0 Å². The Morgan fingerprint density at radius 3 is 2.27 bits per heavy atom. The number of rotatable bonds is 2. The Labute approximate surface area is 152 Å². The first kappa shape index (κ1) is 18.5. The first-order valence-corrected chi connectivity index (χ1v) is 8.99. The maximum Gasteiger partial charge on any atom is 0.310 e. The van der Waals surface area contributed by atoms with Crippen LogP contribution in [0.4, 0.5) is 0 Å². The van der Waals surface area contributed by atoms with Gasteiger partial charge in [-0.05, 0) is 25.7 Å². The summed E-state index contributed by atoms with van der Waals surface area (Å²) >= 11 is 0. The molecule has 0 spiro atoms. The molecule has 140 valence electrons. The summed E-state index contributed by atoms with van der Waals surface area (Å²) in [5, 5.41) is 20.4. The predicted molar refractivity (Wildman–Crippen MR) is 92.3 cm³/mol. The summed E-state index contributed by atoms with van der Waals surface area (Å²) in [5.41, 5.74) is -1.93. The van der Waals surface area contributed by atoms with Gasteiger partial charge in [0.2, 0.25) is 11.6 Å². The smallest absolute Gasteiger partial charge is 0.310 e. The number of carbonyl (C=O) groups is 4. The number of hydrogen-bond acceptors (Lipinski definition) is 5. The number of carboxylic acid groups (broad SMARTS) is 1. The molecule has 6 nitrogen and oxygen atoms in total. The van der Waals surface area contributed by atoms with Gasteiger partial charge >= 0.3 is 5.97 Å². The second kappa shape index (κ2) is 5.63. The summed E-state index contributed by atoms with van der Waals surface area (Å²) in [6, 6.07) is 0. The summed E-state index contributed by atoms with van der Waals surface area (Å²) < 4.78 is 0. The molecular weight excluding hydrogens is 336 g/mol. The van der Waals surface area contributed by atoms with Gasteiger partial charge in [-0.3, -0.25) is 19.2 Å². The van der Waals surface area contributed by atoms with Gasteiger partial charge in [-0.15, -0.1) is 0 Å². The third kappa shape index (κ3) is 2.17. The van der Waals surface area contributed by atoms with Gasteiger partial charge in [0, 0.05) is 34.5 Å². The maximum atomic E-state index is 13.0. The topological polar surface area (TPSA) is 109 Å². The molecule has 3 aliphatic rings. The van der Waals surface area contributed by atoms with Crippen LogP contribution in [0, 0.1) is 22.7 Å². The Balaban J connectivity index is 2.29. The normalized spacial score (nSPS) is 35.0. The van der Waals surface area contributed by atoms with Gasteiger partial charge < -0.3 is 10.2 Å². The van der Waals surface area contributed by atoms with Gasteiger partial charge in [0.25, 0.3) is 0 Å². The van der Waals surface area contributed by atoms with Gasteiger partial charge in [0.1, 0.15) is 11.5 Å². The van der Waals surface area contributed by atoms with Crippen LogP contribution in [-0.4, -0.2) is 33.5 Å². The number of fused-ring (bicyclic) bond motifs is 2. The minimum absolute atomic E-state index is 0.0420. The molecule has 0 radical (unpaired) electrons. The van der Waals surface area contributed by atoms with E-state index in [4.69, 9.17) is 0 Å². The van der Waals surface area contributed by atoms with Crippen molar-refractivity contribution in [2.45, 2.75) is 53.4 Å². The second-order valence-electron chi connectivity index (χ2n) is 8.50. The van der Waals surface area contributed by atoms with Crippen molar-refractivity contribution < 1.29 is 29.4 Å². The molecule has 0 amide bonds. The molecule has 2 N–H and O–H groups in total. The fraction of sp³-hybridized carbons (Fsp3) is 0.600. The number of aliphatic hydroxyl groups is 1. The van der Waals surface area contributed by atoms with E-state index in [1.807, 2.05) is 0 Å². The number of aliphatic hydroxyl groups excluding tert-OH is 1. The van der Waals surface area contributed by atoms with E-state index in [0.29, 0.717) is 19.3 Å². The van der Waals surface area contributed by atoms with Crippen LogP contribution in [0.1, 0.15) is 53.4 Å². The minimum atomic E-state index is -1.29. The van der Waals surface area contributed by atoms with E-state index in [1.54, 1.807) is 27.7 Å². The molecular formula is C20H24O6. The average Bonchev–Trinajstić information content (AvgIpc) is 2.51. The molecule has 3 aliphatic carbocycles. The van der Waals surface area contributed by atoms with Crippen molar-refractivity contribution in [1.82, 2.24) is 0 Å². The van der Waals surface area contributed by atoms with E-state index in [-0.39, 0.29) is 40.6 Å². The van der Waals surface area contributed by atoms with E-state index < -0.39 is 34.3 Å². The lowest BCUT2D eigenvalue weighted by Gasteiger charge is -2.53. The Morgan fingerprint density at radius 2 is 1.73 bits per heavy atom. The second-order valence-corrected chi connectivity index (χ2v) is 8.50. The minimum Gasteiger partial charge on any atom is -0.507 e. The van der Waals surface area contributed by atoms with Gasteiger partial charge in [0.05, 0.1) is 5.41 Å². The van der Waals surface area contributed by atoms with Gasteiger partial charge in [-0.1, -0.05) is 27.2 Å². The van der Waals surface area contributed by atoms with E-state index in [1.165, 1.54) is 0 Å². The van der Waals surface area contributed by atoms with Crippen molar-refractivity contribution in [3.63, 3.8) is 0 Å². The predicted octanol–water partition coefficient (Wildman–Crippen LogP) is 2.77. The molecule has 3 rings (SSSR count). The fourth-order valence-corrected chi connectivity index (χ4v) is 5.37. The third-order valence-electron chi connectivity index (χ3n) is 6.50. The van der Waals surface area contributed by atoms with Crippen molar-refractivity contribution >= 4 is 23.3 Å². The molecule has 0 aromatic rings. The van der Waals surface area contributed by atoms with E-state index in [9.17, 15) is 29.4 Å². The molecule has 26 heavy (non-hydrogen) atoms. The zero-order valence-corrected chi connectivity index (χ0v) is 15.5. The number of carbonyl (C=O) groups excluding carboxylic acids is 3. The summed E-state index contributed by atoms with van der Waals surface area (Å²) in [6.07, 6.45) is 1.11. The Kier molecular flexibility index (Phi) is 4.01. The molecule has 0 aromatic carbocycles. The van der Waals surface area contributed by atoms with Crippen LogP contribution < -0.4 is 0 Å². The molecule has 3 atom stereocenters. The molecule has 0 aromatic heterocycles. The number of carboxylic acids is 1. The number of hydrogen-bond donors (Lipinski definition) is 2. The lowest BCUT2D eigenvalue weighted by Crippen LogP contribution is -2.56.